The fraction of sp³-hybridized carbons (Fsp3) is 0.333. The van der Waals surface area contributed by atoms with Gasteiger partial charge >= 0.3 is 0 Å². The second-order valence-electron chi connectivity index (χ2n) is 4.43. The van der Waals surface area contributed by atoms with Gasteiger partial charge in [0.2, 0.25) is 0 Å². The third kappa shape index (κ3) is 2.93. The zero-order chi connectivity index (χ0) is 13.0. The fourth-order valence-electron chi connectivity index (χ4n) is 1.78. The molecular formula is C15H19NO2. The molecule has 0 unspecified atom stereocenters. The summed E-state index contributed by atoms with van der Waals surface area (Å²) in [5, 5.41) is 3.08. The van der Waals surface area contributed by atoms with Gasteiger partial charge in [0, 0.05) is 5.56 Å². The molecule has 0 aliphatic rings. The average molecular weight is 245 g/mol. The van der Waals surface area contributed by atoms with Crippen molar-refractivity contribution in [2.24, 2.45) is 0 Å². The molecule has 2 aromatic rings. The molecule has 0 amide bonds. The molecule has 96 valence electrons. The van der Waals surface area contributed by atoms with E-state index in [1.165, 1.54) is 11.1 Å². The Hall–Kier alpha value is -1.74. The van der Waals surface area contributed by atoms with Gasteiger partial charge in [0.15, 0.2) is 0 Å². The highest BCUT2D eigenvalue weighted by Gasteiger charge is 2.06. The van der Waals surface area contributed by atoms with Gasteiger partial charge in [-0.05, 0) is 50.2 Å². The van der Waals surface area contributed by atoms with Gasteiger partial charge in [-0.15, -0.1) is 0 Å². The Morgan fingerprint density at radius 3 is 2.72 bits per heavy atom. The van der Waals surface area contributed by atoms with Crippen molar-refractivity contribution in [3.63, 3.8) is 0 Å². The van der Waals surface area contributed by atoms with E-state index in [0.717, 1.165) is 23.6 Å². The minimum atomic E-state index is 0.538. The topological polar surface area (TPSA) is 34.4 Å². The van der Waals surface area contributed by atoms with E-state index in [2.05, 4.69) is 31.3 Å². The Bertz CT molecular complexity index is 517. The molecule has 1 N–H and O–H groups in total. The first-order valence-corrected chi connectivity index (χ1v) is 6.10. The fourth-order valence-corrected chi connectivity index (χ4v) is 1.78. The number of aryl methyl sites for hydroxylation is 2. The molecule has 1 aromatic heterocycles. The summed E-state index contributed by atoms with van der Waals surface area (Å²) in [6, 6.07) is 8.09. The summed E-state index contributed by atoms with van der Waals surface area (Å²) in [7, 11) is 1.90. The van der Waals surface area contributed by atoms with Gasteiger partial charge in [-0.3, -0.25) is 0 Å². The Morgan fingerprint density at radius 1 is 1.17 bits per heavy atom. The first kappa shape index (κ1) is 12.7. The molecule has 0 aliphatic carbocycles. The maximum Gasteiger partial charge on any atom is 0.124 e. The third-order valence-electron chi connectivity index (χ3n) is 3.05. The monoisotopic (exact) mass is 245 g/mol. The van der Waals surface area contributed by atoms with Gasteiger partial charge in [-0.2, -0.15) is 0 Å². The van der Waals surface area contributed by atoms with Crippen LogP contribution >= 0.6 is 0 Å². The number of hydrogen-bond acceptors (Lipinski definition) is 3. The highest BCUT2D eigenvalue weighted by Crippen LogP contribution is 2.19. The molecule has 2 rings (SSSR count). The Labute approximate surface area is 108 Å². The first-order valence-electron chi connectivity index (χ1n) is 6.10. The lowest BCUT2D eigenvalue weighted by Gasteiger charge is -2.08. The second-order valence-corrected chi connectivity index (χ2v) is 4.43. The minimum Gasteiger partial charge on any atom is -0.489 e. The van der Waals surface area contributed by atoms with Gasteiger partial charge < -0.3 is 14.5 Å². The summed E-state index contributed by atoms with van der Waals surface area (Å²) in [5.41, 5.74) is 3.61. The second kappa shape index (κ2) is 5.74. The van der Waals surface area contributed by atoms with Crippen LogP contribution < -0.4 is 10.1 Å². The Balaban J connectivity index is 2.02. The summed E-state index contributed by atoms with van der Waals surface area (Å²) < 4.78 is 11.2. The van der Waals surface area contributed by atoms with Crippen molar-refractivity contribution < 1.29 is 9.15 Å². The van der Waals surface area contributed by atoms with E-state index in [1.54, 1.807) is 6.26 Å². The molecule has 0 saturated heterocycles. The van der Waals surface area contributed by atoms with Crippen molar-refractivity contribution in [1.82, 2.24) is 5.32 Å². The molecule has 0 fully saturated rings. The third-order valence-corrected chi connectivity index (χ3v) is 3.05. The minimum absolute atomic E-state index is 0.538. The average Bonchev–Trinajstić information content (AvgIpc) is 2.79. The summed E-state index contributed by atoms with van der Waals surface area (Å²) in [5.74, 6) is 1.83. The van der Waals surface area contributed by atoms with Crippen LogP contribution in [-0.2, 0) is 13.2 Å². The quantitative estimate of drug-likeness (QED) is 0.878. The van der Waals surface area contributed by atoms with Crippen LogP contribution in [0.4, 0.5) is 0 Å². The molecule has 0 atom stereocenters. The molecule has 0 spiro atoms. The summed E-state index contributed by atoms with van der Waals surface area (Å²) in [4.78, 5) is 0. The van der Waals surface area contributed by atoms with E-state index < -0.39 is 0 Å². The molecule has 0 saturated carbocycles. The molecule has 18 heavy (non-hydrogen) atoms. The first-order chi connectivity index (χ1) is 8.70. The van der Waals surface area contributed by atoms with E-state index in [0.29, 0.717) is 6.61 Å². The number of hydrogen-bond donors (Lipinski definition) is 1. The van der Waals surface area contributed by atoms with E-state index >= 15 is 0 Å². The predicted octanol–water partition coefficient (Wildman–Crippen LogP) is 3.19. The maximum atomic E-state index is 5.79. The summed E-state index contributed by atoms with van der Waals surface area (Å²) in [6.45, 7) is 5.45. The van der Waals surface area contributed by atoms with Crippen molar-refractivity contribution in [3.8, 4) is 5.75 Å². The van der Waals surface area contributed by atoms with Crippen LogP contribution in [0.3, 0.4) is 0 Å². The lowest BCUT2D eigenvalue weighted by molar-refractivity contribution is 0.301. The molecule has 0 aliphatic heterocycles. The normalized spacial score (nSPS) is 10.6. The standard InChI is InChI=1S/C15H19NO2/c1-11-4-5-14(8-12(11)2)18-10-13-6-7-17-15(13)9-16-3/h4-8,16H,9-10H2,1-3H3. The summed E-state index contributed by atoms with van der Waals surface area (Å²) in [6.07, 6.45) is 1.70. The van der Waals surface area contributed by atoms with Crippen LogP contribution in [0.1, 0.15) is 22.5 Å². The van der Waals surface area contributed by atoms with Crippen LogP contribution in [0.25, 0.3) is 0 Å². The van der Waals surface area contributed by atoms with Crippen LogP contribution in [0.5, 0.6) is 5.75 Å². The highest BCUT2D eigenvalue weighted by atomic mass is 16.5. The number of furan rings is 1. The summed E-state index contributed by atoms with van der Waals surface area (Å²) >= 11 is 0. The lowest BCUT2D eigenvalue weighted by atomic mass is 10.1. The van der Waals surface area contributed by atoms with E-state index in [9.17, 15) is 0 Å². The van der Waals surface area contributed by atoms with Gasteiger partial charge in [0.1, 0.15) is 18.1 Å². The van der Waals surface area contributed by atoms with Gasteiger partial charge in [-0.25, -0.2) is 0 Å². The number of rotatable bonds is 5. The van der Waals surface area contributed by atoms with Crippen LogP contribution in [0.2, 0.25) is 0 Å². The Kier molecular flexibility index (Phi) is 4.05. The van der Waals surface area contributed by atoms with E-state index in [4.69, 9.17) is 9.15 Å². The molecule has 0 radical (unpaired) electrons. The van der Waals surface area contributed by atoms with Gasteiger partial charge in [0.05, 0.1) is 12.8 Å². The van der Waals surface area contributed by atoms with Crippen molar-refractivity contribution in [2.75, 3.05) is 7.05 Å². The largest absolute Gasteiger partial charge is 0.489 e. The molecule has 1 heterocycles. The zero-order valence-electron chi connectivity index (χ0n) is 11.1. The number of ether oxygens (including phenoxy) is 1. The zero-order valence-corrected chi connectivity index (χ0v) is 11.1. The van der Waals surface area contributed by atoms with E-state index in [-0.39, 0.29) is 0 Å². The molecule has 3 nitrogen and oxygen atoms in total. The van der Waals surface area contributed by atoms with Crippen molar-refractivity contribution in [3.05, 3.63) is 53.0 Å². The van der Waals surface area contributed by atoms with Crippen LogP contribution in [0, 0.1) is 13.8 Å². The van der Waals surface area contributed by atoms with Gasteiger partial charge in [-0.1, -0.05) is 6.07 Å². The molecule has 0 bridgehead atoms. The molecule has 3 heteroatoms. The SMILES string of the molecule is CNCc1occc1COc1ccc(C)c(C)c1. The van der Waals surface area contributed by atoms with Gasteiger partial charge in [0.25, 0.3) is 0 Å². The smallest absolute Gasteiger partial charge is 0.124 e. The number of nitrogens with one attached hydrogen (secondary N) is 1. The molecular weight excluding hydrogens is 226 g/mol. The predicted molar refractivity (Wildman–Crippen MR) is 71.7 cm³/mol. The van der Waals surface area contributed by atoms with Crippen molar-refractivity contribution in [2.45, 2.75) is 27.0 Å². The highest BCUT2D eigenvalue weighted by molar-refractivity contribution is 5.34. The lowest BCUT2D eigenvalue weighted by Crippen LogP contribution is -2.07. The number of benzene rings is 1. The Morgan fingerprint density at radius 2 is 2.00 bits per heavy atom. The van der Waals surface area contributed by atoms with Crippen LogP contribution in [0.15, 0.2) is 34.9 Å². The van der Waals surface area contributed by atoms with Crippen molar-refractivity contribution >= 4 is 0 Å². The van der Waals surface area contributed by atoms with Crippen molar-refractivity contribution in [1.29, 1.82) is 0 Å². The molecule has 1 aromatic carbocycles. The van der Waals surface area contributed by atoms with E-state index in [1.807, 2.05) is 19.2 Å². The van der Waals surface area contributed by atoms with Crippen LogP contribution in [-0.4, -0.2) is 7.05 Å². The maximum absolute atomic E-state index is 5.79.